The van der Waals surface area contributed by atoms with Crippen molar-refractivity contribution >= 4 is 11.8 Å². The Balaban J connectivity index is 2.16. The summed E-state index contributed by atoms with van der Waals surface area (Å²) in [6.45, 7) is 0. The van der Waals surface area contributed by atoms with Crippen molar-refractivity contribution in [3.8, 4) is 0 Å². The number of carboxylic acid groups (broad SMARTS) is 1. The zero-order valence-corrected chi connectivity index (χ0v) is 8.29. The first-order valence-corrected chi connectivity index (χ1v) is 5.01. The molecule has 0 bridgehead atoms. The van der Waals surface area contributed by atoms with E-state index < -0.39 is 5.97 Å². The normalized spacial score (nSPS) is 14.0. The molecular formula is C12H11O3-. The van der Waals surface area contributed by atoms with Gasteiger partial charge in [-0.3, -0.25) is 4.79 Å². The second kappa shape index (κ2) is 3.85. The van der Waals surface area contributed by atoms with Gasteiger partial charge in [-0.25, -0.2) is 0 Å². The Kier molecular flexibility index (Phi) is 2.54. The molecule has 3 heteroatoms. The summed E-state index contributed by atoms with van der Waals surface area (Å²) in [7, 11) is 0. The van der Waals surface area contributed by atoms with Crippen molar-refractivity contribution in [1.29, 1.82) is 0 Å². The smallest absolute Gasteiger partial charge is 0.163 e. The van der Waals surface area contributed by atoms with Crippen molar-refractivity contribution in [2.45, 2.75) is 25.7 Å². The number of hydrogen-bond acceptors (Lipinski definition) is 3. The average Bonchev–Trinajstić information content (AvgIpc) is 2.57. The van der Waals surface area contributed by atoms with E-state index in [4.69, 9.17) is 0 Å². The van der Waals surface area contributed by atoms with E-state index in [1.165, 1.54) is 0 Å². The highest BCUT2D eigenvalue weighted by molar-refractivity contribution is 6.00. The molecule has 15 heavy (non-hydrogen) atoms. The quantitative estimate of drug-likeness (QED) is 0.718. The Morgan fingerprint density at radius 1 is 1.33 bits per heavy atom. The van der Waals surface area contributed by atoms with E-state index in [1.54, 1.807) is 6.07 Å². The number of aliphatic carboxylic acids is 1. The number of carbonyl (C=O) groups excluding carboxylic acids is 2. The lowest BCUT2D eigenvalue weighted by Gasteiger charge is -2.04. The molecule has 0 amide bonds. The highest BCUT2D eigenvalue weighted by Crippen LogP contribution is 2.23. The summed E-state index contributed by atoms with van der Waals surface area (Å²) in [4.78, 5) is 21.6. The van der Waals surface area contributed by atoms with Gasteiger partial charge >= 0.3 is 0 Å². The van der Waals surface area contributed by atoms with Gasteiger partial charge in [0.15, 0.2) is 5.78 Å². The Bertz CT molecular complexity index is 421. The predicted molar refractivity (Wildman–Crippen MR) is 52.4 cm³/mol. The fraction of sp³-hybridized carbons (Fsp3) is 0.333. The zero-order valence-electron chi connectivity index (χ0n) is 8.29. The number of aryl methyl sites for hydroxylation is 2. The van der Waals surface area contributed by atoms with E-state index in [1.807, 2.05) is 12.1 Å². The number of Topliss-reactive ketones (excluding diaryl/α,β-unsaturated/α-hetero) is 1. The average molecular weight is 203 g/mol. The molecule has 0 saturated carbocycles. The van der Waals surface area contributed by atoms with Crippen molar-refractivity contribution in [3.63, 3.8) is 0 Å². The lowest BCUT2D eigenvalue weighted by molar-refractivity contribution is -0.305. The number of carboxylic acids is 1. The van der Waals surface area contributed by atoms with Crippen LogP contribution in [-0.4, -0.2) is 11.8 Å². The standard InChI is InChI=1S/C12H12O3/c13-11-5-3-9-7-8(1-4-10(9)11)2-6-12(14)15/h1,4,7H,2-3,5-6H2,(H,14,15)/p-1. The van der Waals surface area contributed by atoms with E-state index >= 15 is 0 Å². The van der Waals surface area contributed by atoms with Gasteiger partial charge in [0.1, 0.15) is 0 Å². The first-order valence-electron chi connectivity index (χ1n) is 5.01. The van der Waals surface area contributed by atoms with E-state index in [-0.39, 0.29) is 12.2 Å². The molecule has 1 aromatic rings. The molecular weight excluding hydrogens is 192 g/mol. The summed E-state index contributed by atoms with van der Waals surface area (Å²) in [6, 6.07) is 5.56. The molecule has 0 unspecified atom stereocenters. The third-order valence-corrected chi connectivity index (χ3v) is 2.71. The minimum Gasteiger partial charge on any atom is -0.550 e. The lowest BCUT2D eigenvalue weighted by atomic mass is 10.0. The van der Waals surface area contributed by atoms with Crippen LogP contribution in [0.15, 0.2) is 18.2 Å². The molecule has 0 fully saturated rings. The van der Waals surface area contributed by atoms with E-state index in [0.29, 0.717) is 12.8 Å². The number of fused-ring (bicyclic) bond motifs is 1. The molecule has 0 aromatic heterocycles. The van der Waals surface area contributed by atoms with Crippen molar-refractivity contribution in [1.82, 2.24) is 0 Å². The molecule has 0 heterocycles. The second-order valence-electron chi connectivity index (χ2n) is 3.79. The van der Waals surface area contributed by atoms with E-state index in [0.717, 1.165) is 23.1 Å². The molecule has 0 radical (unpaired) electrons. The summed E-state index contributed by atoms with van der Waals surface area (Å²) in [5, 5.41) is 10.3. The number of benzene rings is 1. The largest absolute Gasteiger partial charge is 0.550 e. The summed E-state index contributed by atoms with van der Waals surface area (Å²) >= 11 is 0. The molecule has 1 aliphatic carbocycles. The maximum Gasteiger partial charge on any atom is 0.163 e. The fourth-order valence-corrected chi connectivity index (χ4v) is 1.91. The van der Waals surface area contributed by atoms with Crippen LogP contribution in [0.1, 0.15) is 34.3 Å². The van der Waals surface area contributed by atoms with Crippen LogP contribution < -0.4 is 5.11 Å². The number of ketones is 1. The topological polar surface area (TPSA) is 57.2 Å². The first-order chi connectivity index (χ1) is 7.16. The Hall–Kier alpha value is -1.64. The lowest BCUT2D eigenvalue weighted by Crippen LogP contribution is -2.22. The van der Waals surface area contributed by atoms with Crippen LogP contribution in [0.5, 0.6) is 0 Å². The van der Waals surface area contributed by atoms with E-state index in [2.05, 4.69) is 0 Å². The van der Waals surface area contributed by atoms with Gasteiger partial charge in [0, 0.05) is 18.0 Å². The number of carbonyl (C=O) groups is 2. The summed E-state index contributed by atoms with van der Waals surface area (Å²) in [5.41, 5.74) is 2.82. The molecule has 0 N–H and O–H groups in total. The molecule has 78 valence electrons. The van der Waals surface area contributed by atoms with Gasteiger partial charge in [-0.05, 0) is 30.4 Å². The summed E-state index contributed by atoms with van der Waals surface area (Å²) < 4.78 is 0. The molecule has 2 rings (SSSR count). The second-order valence-corrected chi connectivity index (χ2v) is 3.79. The van der Waals surface area contributed by atoms with Crippen molar-refractivity contribution in [2.24, 2.45) is 0 Å². The molecule has 0 spiro atoms. The minimum absolute atomic E-state index is 0.0345. The van der Waals surface area contributed by atoms with Crippen LogP contribution >= 0.6 is 0 Å². The van der Waals surface area contributed by atoms with Gasteiger partial charge in [0.05, 0.1) is 0 Å². The maximum absolute atomic E-state index is 11.3. The van der Waals surface area contributed by atoms with Crippen molar-refractivity contribution in [3.05, 3.63) is 34.9 Å². The van der Waals surface area contributed by atoms with Crippen LogP contribution in [0.4, 0.5) is 0 Å². The molecule has 0 saturated heterocycles. The SMILES string of the molecule is O=C([O-])CCc1ccc2c(c1)CCC2=O. The van der Waals surface area contributed by atoms with Gasteiger partial charge < -0.3 is 9.90 Å². The van der Waals surface area contributed by atoms with Crippen LogP contribution in [0, 0.1) is 0 Å². The molecule has 1 aromatic carbocycles. The van der Waals surface area contributed by atoms with Crippen molar-refractivity contribution in [2.75, 3.05) is 0 Å². The maximum atomic E-state index is 11.3. The minimum atomic E-state index is -1.04. The summed E-state index contributed by atoms with van der Waals surface area (Å²) in [5.74, 6) is -0.844. The van der Waals surface area contributed by atoms with Crippen LogP contribution in [-0.2, 0) is 17.6 Å². The third-order valence-electron chi connectivity index (χ3n) is 2.71. The number of rotatable bonds is 3. The predicted octanol–water partition coefficient (Wildman–Crippen LogP) is 0.498. The highest BCUT2D eigenvalue weighted by atomic mass is 16.4. The van der Waals surface area contributed by atoms with E-state index in [9.17, 15) is 14.7 Å². The van der Waals surface area contributed by atoms with Gasteiger partial charge in [-0.2, -0.15) is 0 Å². The van der Waals surface area contributed by atoms with Gasteiger partial charge in [0.2, 0.25) is 0 Å². The molecule has 0 atom stereocenters. The Morgan fingerprint density at radius 2 is 2.13 bits per heavy atom. The Labute approximate surface area is 87.7 Å². The molecule has 1 aliphatic rings. The fourth-order valence-electron chi connectivity index (χ4n) is 1.91. The Morgan fingerprint density at radius 3 is 2.87 bits per heavy atom. The van der Waals surface area contributed by atoms with Gasteiger partial charge in [-0.15, -0.1) is 0 Å². The van der Waals surface area contributed by atoms with Gasteiger partial charge in [-0.1, -0.05) is 18.2 Å². The zero-order chi connectivity index (χ0) is 10.8. The van der Waals surface area contributed by atoms with Gasteiger partial charge in [0.25, 0.3) is 0 Å². The van der Waals surface area contributed by atoms with Crippen LogP contribution in [0.25, 0.3) is 0 Å². The highest BCUT2D eigenvalue weighted by Gasteiger charge is 2.18. The first kappa shape index (κ1) is 9.90. The molecule has 0 aliphatic heterocycles. The monoisotopic (exact) mass is 203 g/mol. The third kappa shape index (κ3) is 2.06. The van der Waals surface area contributed by atoms with Crippen LogP contribution in [0.2, 0.25) is 0 Å². The summed E-state index contributed by atoms with van der Waals surface area (Å²) in [6.07, 6.45) is 1.88. The number of hydrogen-bond donors (Lipinski definition) is 0. The molecule has 3 nitrogen and oxygen atoms in total. The van der Waals surface area contributed by atoms with Crippen LogP contribution in [0.3, 0.4) is 0 Å². The van der Waals surface area contributed by atoms with Crippen molar-refractivity contribution < 1.29 is 14.7 Å².